The zero-order valence-electron chi connectivity index (χ0n) is 9.30. The topological polar surface area (TPSA) is 124 Å². The van der Waals surface area contributed by atoms with Crippen LogP contribution in [0.3, 0.4) is 0 Å². The van der Waals surface area contributed by atoms with E-state index in [1.54, 1.807) is 0 Å². The minimum absolute atomic E-state index is 0.150. The van der Waals surface area contributed by atoms with Crippen molar-refractivity contribution in [3.63, 3.8) is 0 Å². The number of likely N-dealkylation sites (tertiary alicyclic amines) is 1. The summed E-state index contributed by atoms with van der Waals surface area (Å²) in [6, 6.07) is 0. The van der Waals surface area contributed by atoms with Crippen molar-refractivity contribution in [2.45, 2.75) is 18.1 Å². The second-order valence-electron chi connectivity index (χ2n) is 3.67. The van der Waals surface area contributed by atoms with Crippen molar-refractivity contribution in [2.24, 2.45) is 0 Å². The molecule has 0 aromatic rings. The number of halogens is 2. The van der Waals surface area contributed by atoms with Gasteiger partial charge in [0.1, 0.15) is 5.78 Å². The van der Waals surface area contributed by atoms with Crippen LogP contribution in [-0.4, -0.2) is 52.1 Å². The number of Topliss-reactive ketones (excluding diaryl/α,β-unsaturated/α-hetero) is 1. The van der Waals surface area contributed by atoms with Gasteiger partial charge in [-0.05, 0) is 0 Å². The molecule has 1 atom stereocenters. The Morgan fingerprint density at radius 1 is 1.37 bits per heavy atom. The van der Waals surface area contributed by atoms with Crippen molar-refractivity contribution in [1.82, 2.24) is 9.03 Å². The van der Waals surface area contributed by atoms with Crippen LogP contribution < -0.4 is 4.13 Å². The average molecular weight is 319 g/mol. The first-order valence-electron chi connectivity index (χ1n) is 4.88. The lowest BCUT2D eigenvalue weighted by Gasteiger charge is -2.29. The highest BCUT2D eigenvalue weighted by atomic mass is 32.3. The first kappa shape index (κ1) is 16.1. The van der Waals surface area contributed by atoms with Gasteiger partial charge in [-0.1, -0.05) is 0 Å². The zero-order chi connectivity index (χ0) is 14.8. The van der Waals surface area contributed by atoms with Gasteiger partial charge in [-0.3, -0.25) is 13.8 Å². The minimum Gasteiger partial charge on any atom is -0.759 e. The number of nitrogens with zero attached hydrogens (tertiary/aromatic N) is 1. The number of sulfonamides is 1. The van der Waals surface area contributed by atoms with Gasteiger partial charge in [0.25, 0.3) is 10.0 Å². The van der Waals surface area contributed by atoms with Gasteiger partial charge in [-0.15, -0.1) is 4.13 Å². The summed E-state index contributed by atoms with van der Waals surface area (Å²) in [4.78, 5) is 22.8. The molecule has 1 fully saturated rings. The van der Waals surface area contributed by atoms with Crippen LogP contribution in [-0.2, 0) is 30.9 Å². The van der Waals surface area contributed by atoms with Crippen LogP contribution in [0.5, 0.6) is 0 Å². The van der Waals surface area contributed by atoms with Crippen molar-refractivity contribution in [3.05, 3.63) is 0 Å². The van der Waals surface area contributed by atoms with E-state index < -0.39 is 32.5 Å². The van der Waals surface area contributed by atoms with Gasteiger partial charge in [0.05, 0.1) is 0 Å². The standard InChI is InChI=1S/C7H10F2N2O6S2/c8-7(9,19(16,17)10-18(14)15)6(13)11-3-1-5(12)2-4-11/h10H,1-4H2,(H,14,15)/p-1. The first-order chi connectivity index (χ1) is 8.58. The molecule has 0 bridgehead atoms. The van der Waals surface area contributed by atoms with Crippen LogP contribution >= 0.6 is 0 Å². The molecule has 1 heterocycles. The Labute approximate surface area is 109 Å². The molecule has 12 heteroatoms. The van der Waals surface area contributed by atoms with E-state index in [4.69, 9.17) is 0 Å². The number of alkyl halides is 2. The lowest BCUT2D eigenvalue weighted by Crippen LogP contribution is -2.54. The Morgan fingerprint density at radius 2 is 1.84 bits per heavy atom. The molecular weight excluding hydrogens is 310 g/mol. The molecule has 1 amide bonds. The highest BCUT2D eigenvalue weighted by molar-refractivity contribution is 8.01. The number of rotatable bonds is 4. The molecule has 1 rings (SSSR count). The number of nitrogens with one attached hydrogen (secondary N) is 1. The molecule has 0 aromatic carbocycles. The van der Waals surface area contributed by atoms with Gasteiger partial charge in [-0.25, -0.2) is 8.42 Å². The Bertz CT molecular complexity index is 510. The van der Waals surface area contributed by atoms with Gasteiger partial charge in [0.2, 0.25) is 0 Å². The molecule has 0 aromatic heterocycles. The predicted molar refractivity (Wildman–Crippen MR) is 56.7 cm³/mol. The fourth-order valence-electron chi connectivity index (χ4n) is 1.40. The maximum absolute atomic E-state index is 13.4. The first-order valence-corrected chi connectivity index (χ1v) is 7.44. The highest BCUT2D eigenvalue weighted by Crippen LogP contribution is 2.25. The third kappa shape index (κ3) is 3.52. The maximum Gasteiger partial charge on any atom is 0.436 e. The normalized spacial score (nSPS) is 19.3. The summed E-state index contributed by atoms with van der Waals surface area (Å²) in [5.41, 5.74) is 0. The van der Waals surface area contributed by atoms with E-state index in [-0.39, 0.29) is 31.7 Å². The highest BCUT2D eigenvalue weighted by Gasteiger charge is 2.55. The second kappa shape index (κ2) is 5.56. The molecule has 1 aliphatic rings. The monoisotopic (exact) mass is 319 g/mol. The van der Waals surface area contributed by atoms with E-state index in [1.807, 2.05) is 0 Å². The predicted octanol–water partition coefficient (Wildman–Crippen LogP) is -1.52. The SMILES string of the molecule is O=C1CCN(C(=O)C(F)(F)S(=O)(=O)NS(=O)[O-])CC1. The molecule has 19 heavy (non-hydrogen) atoms. The fraction of sp³-hybridized carbons (Fsp3) is 0.714. The quantitative estimate of drug-likeness (QED) is 0.628. The number of hydrogen-bond acceptors (Lipinski definition) is 6. The van der Waals surface area contributed by atoms with Gasteiger partial charge < -0.3 is 9.45 Å². The fourth-order valence-corrected chi connectivity index (χ4v) is 2.89. The van der Waals surface area contributed by atoms with E-state index in [1.165, 1.54) is 0 Å². The molecule has 0 aliphatic carbocycles. The largest absolute Gasteiger partial charge is 0.759 e. The smallest absolute Gasteiger partial charge is 0.436 e. The van der Waals surface area contributed by atoms with Crippen LogP contribution in [0.2, 0.25) is 0 Å². The van der Waals surface area contributed by atoms with E-state index >= 15 is 0 Å². The van der Waals surface area contributed by atoms with Crippen LogP contribution in [0, 0.1) is 0 Å². The lowest BCUT2D eigenvalue weighted by molar-refractivity contribution is -0.148. The Kier molecular flexibility index (Phi) is 4.71. The summed E-state index contributed by atoms with van der Waals surface area (Å²) in [7, 11) is -5.69. The number of ketones is 1. The summed E-state index contributed by atoms with van der Waals surface area (Å²) in [6.45, 7) is -0.660. The van der Waals surface area contributed by atoms with E-state index in [9.17, 15) is 35.5 Å². The molecule has 110 valence electrons. The Hall–Kier alpha value is -0.980. The van der Waals surface area contributed by atoms with Gasteiger partial charge in [0, 0.05) is 37.2 Å². The van der Waals surface area contributed by atoms with Crippen LogP contribution in [0.4, 0.5) is 8.78 Å². The molecule has 0 saturated carbocycles. The van der Waals surface area contributed by atoms with Crippen molar-refractivity contribution in [1.29, 1.82) is 0 Å². The molecular formula is C7H9F2N2O6S2-. The van der Waals surface area contributed by atoms with Crippen LogP contribution in [0.1, 0.15) is 12.8 Å². The summed E-state index contributed by atoms with van der Waals surface area (Å²) < 4.78 is 69.8. The molecule has 1 unspecified atom stereocenters. The number of amides is 1. The van der Waals surface area contributed by atoms with Crippen molar-refractivity contribution in [3.8, 4) is 0 Å². The van der Waals surface area contributed by atoms with Crippen molar-refractivity contribution >= 4 is 33.0 Å². The average Bonchev–Trinajstić information content (AvgIpc) is 2.27. The second-order valence-corrected chi connectivity index (χ2v) is 6.32. The van der Waals surface area contributed by atoms with Gasteiger partial charge >= 0.3 is 11.2 Å². The molecule has 1 aliphatic heterocycles. The van der Waals surface area contributed by atoms with Gasteiger partial charge in [-0.2, -0.15) is 8.78 Å². The Balaban J connectivity index is 2.90. The van der Waals surface area contributed by atoms with Crippen LogP contribution in [0.25, 0.3) is 0 Å². The van der Waals surface area contributed by atoms with E-state index in [2.05, 4.69) is 0 Å². The third-order valence-corrected chi connectivity index (χ3v) is 4.64. The van der Waals surface area contributed by atoms with E-state index in [0.29, 0.717) is 9.03 Å². The van der Waals surface area contributed by atoms with Crippen molar-refractivity contribution in [2.75, 3.05) is 13.1 Å². The summed E-state index contributed by atoms with van der Waals surface area (Å²) in [6.07, 6.45) is -0.300. The maximum atomic E-state index is 13.4. The van der Waals surface area contributed by atoms with E-state index in [0.717, 1.165) is 0 Å². The molecule has 0 radical (unpaired) electrons. The molecule has 8 nitrogen and oxygen atoms in total. The third-order valence-electron chi connectivity index (χ3n) is 2.37. The zero-order valence-corrected chi connectivity index (χ0v) is 10.9. The molecule has 1 N–H and O–H groups in total. The lowest BCUT2D eigenvalue weighted by atomic mass is 10.1. The summed E-state index contributed by atoms with van der Waals surface area (Å²) in [5, 5.41) is -4.92. The minimum atomic E-state index is -5.69. The number of hydrogen-bond donors (Lipinski definition) is 1. The van der Waals surface area contributed by atoms with Crippen LogP contribution in [0.15, 0.2) is 0 Å². The number of carbonyl (C=O) groups excluding carboxylic acids is 2. The number of piperidine rings is 1. The molecule has 1 saturated heterocycles. The van der Waals surface area contributed by atoms with Gasteiger partial charge in [0.15, 0.2) is 0 Å². The summed E-state index contributed by atoms with van der Waals surface area (Å²) in [5.74, 6) is -2.29. The number of carbonyl (C=O) groups is 2. The molecule has 0 spiro atoms. The van der Waals surface area contributed by atoms with Crippen molar-refractivity contribution < 1.29 is 35.5 Å². The summed E-state index contributed by atoms with van der Waals surface area (Å²) >= 11 is -3.50. The Morgan fingerprint density at radius 3 is 2.26 bits per heavy atom.